The third kappa shape index (κ3) is 4.03. The van der Waals surface area contributed by atoms with E-state index in [0.29, 0.717) is 5.88 Å². The van der Waals surface area contributed by atoms with Crippen molar-refractivity contribution in [2.75, 3.05) is 27.7 Å². The molecule has 0 bridgehead atoms. The van der Waals surface area contributed by atoms with Gasteiger partial charge in [-0.15, -0.1) is 11.6 Å². The van der Waals surface area contributed by atoms with Crippen LogP contribution in [-0.4, -0.2) is 32.6 Å². The minimum Gasteiger partial charge on any atom is -0.496 e. The molecular formula is C13H20ClNO. The number of alkyl halides is 1. The van der Waals surface area contributed by atoms with Crippen LogP contribution in [0, 0.1) is 0 Å². The van der Waals surface area contributed by atoms with Crippen molar-refractivity contribution in [3.63, 3.8) is 0 Å². The molecule has 0 unspecified atom stereocenters. The lowest BCUT2D eigenvalue weighted by Crippen LogP contribution is -2.13. The first-order valence-electron chi connectivity index (χ1n) is 5.54. The molecule has 2 nitrogen and oxygen atoms in total. The van der Waals surface area contributed by atoms with E-state index in [1.807, 2.05) is 6.07 Å². The van der Waals surface area contributed by atoms with E-state index >= 15 is 0 Å². The molecule has 0 radical (unpaired) electrons. The topological polar surface area (TPSA) is 12.5 Å². The Labute approximate surface area is 103 Å². The minimum atomic E-state index is 0.505. The van der Waals surface area contributed by atoms with Crippen molar-refractivity contribution >= 4 is 11.6 Å². The zero-order valence-electron chi connectivity index (χ0n) is 10.3. The number of rotatable bonds is 6. The molecular weight excluding hydrogens is 222 g/mol. The summed E-state index contributed by atoms with van der Waals surface area (Å²) < 4.78 is 5.24. The molecule has 0 amide bonds. The van der Waals surface area contributed by atoms with Gasteiger partial charge in [0.25, 0.3) is 0 Å². The van der Waals surface area contributed by atoms with Crippen LogP contribution in [0.25, 0.3) is 0 Å². The maximum absolute atomic E-state index is 5.88. The molecule has 0 saturated heterocycles. The highest BCUT2D eigenvalue weighted by Crippen LogP contribution is 2.22. The fourth-order valence-corrected chi connectivity index (χ4v) is 1.90. The van der Waals surface area contributed by atoms with Gasteiger partial charge in [0.1, 0.15) is 5.75 Å². The zero-order valence-corrected chi connectivity index (χ0v) is 11.0. The Morgan fingerprint density at radius 2 is 2.06 bits per heavy atom. The van der Waals surface area contributed by atoms with Crippen molar-refractivity contribution in [1.82, 2.24) is 4.90 Å². The Hall–Kier alpha value is -0.730. The first kappa shape index (κ1) is 13.3. The molecule has 0 saturated carbocycles. The Morgan fingerprint density at radius 1 is 1.31 bits per heavy atom. The molecule has 0 atom stereocenters. The lowest BCUT2D eigenvalue weighted by atomic mass is 10.1. The van der Waals surface area contributed by atoms with E-state index in [1.54, 1.807) is 7.11 Å². The second-order valence-corrected chi connectivity index (χ2v) is 4.45. The summed E-state index contributed by atoms with van der Waals surface area (Å²) in [5, 5.41) is 0. The zero-order chi connectivity index (χ0) is 12.0. The lowest BCUT2D eigenvalue weighted by Gasteiger charge is -2.11. The van der Waals surface area contributed by atoms with Gasteiger partial charge in [-0.1, -0.05) is 12.1 Å². The van der Waals surface area contributed by atoms with Crippen molar-refractivity contribution < 1.29 is 4.74 Å². The number of methoxy groups -OCH3 is 1. The highest BCUT2D eigenvalue weighted by Gasteiger charge is 2.03. The number of nitrogens with zero attached hydrogens (tertiary/aromatic N) is 1. The lowest BCUT2D eigenvalue weighted by molar-refractivity contribution is 0.399. The SMILES string of the molecule is COc1ccc(CCCN(C)C)cc1CCl. The largest absolute Gasteiger partial charge is 0.496 e. The molecule has 0 N–H and O–H groups in total. The van der Waals surface area contributed by atoms with Crippen molar-refractivity contribution in [2.45, 2.75) is 18.7 Å². The molecule has 0 aliphatic rings. The summed E-state index contributed by atoms with van der Waals surface area (Å²) in [6, 6.07) is 6.26. The van der Waals surface area contributed by atoms with Gasteiger partial charge >= 0.3 is 0 Å². The first-order valence-corrected chi connectivity index (χ1v) is 6.07. The molecule has 90 valence electrons. The van der Waals surface area contributed by atoms with Crippen LogP contribution in [0.15, 0.2) is 18.2 Å². The van der Waals surface area contributed by atoms with E-state index in [9.17, 15) is 0 Å². The Morgan fingerprint density at radius 3 is 2.62 bits per heavy atom. The van der Waals surface area contributed by atoms with Crippen LogP contribution < -0.4 is 4.74 Å². The van der Waals surface area contributed by atoms with Crippen LogP contribution >= 0.6 is 11.6 Å². The van der Waals surface area contributed by atoms with Gasteiger partial charge in [0, 0.05) is 5.56 Å². The summed E-state index contributed by atoms with van der Waals surface area (Å²) in [5.74, 6) is 1.39. The Bertz CT molecular complexity index is 326. The number of aryl methyl sites for hydroxylation is 1. The van der Waals surface area contributed by atoms with Crippen LogP contribution in [0.5, 0.6) is 5.75 Å². The van der Waals surface area contributed by atoms with Crippen LogP contribution in [0.2, 0.25) is 0 Å². The van der Waals surface area contributed by atoms with E-state index < -0.39 is 0 Å². The summed E-state index contributed by atoms with van der Waals surface area (Å²) in [6.45, 7) is 1.11. The van der Waals surface area contributed by atoms with Crippen molar-refractivity contribution in [1.29, 1.82) is 0 Å². The van der Waals surface area contributed by atoms with Crippen LogP contribution in [-0.2, 0) is 12.3 Å². The van der Waals surface area contributed by atoms with Gasteiger partial charge in [-0.05, 0) is 45.1 Å². The normalized spacial score (nSPS) is 10.8. The van der Waals surface area contributed by atoms with Gasteiger partial charge in [-0.3, -0.25) is 0 Å². The van der Waals surface area contributed by atoms with E-state index in [-0.39, 0.29) is 0 Å². The smallest absolute Gasteiger partial charge is 0.123 e. The van der Waals surface area contributed by atoms with Crippen LogP contribution in [0.4, 0.5) is 0 Å². The van der Waals surface area contributed by atoms with Gasteiger partial charge in [0.05, 0.1) is 13.0 Å². The molecule has 0 fully saturated rings. The fourth-order valence-electron chi connectivity index (χ4n) is 1.69. The van der Waals surface area contributed by atoms with Crippen molar-refractivity contribution in [2.24, 2.45) is 0 Å². The van der Waals surface area contributed by atoms with Gasteiger partial charge in [-0.2, -0.15) is 0 Å². The van der Waals surface area contributed by atoms with Crippen LogP contribution in [0.3, 0.4) is 0 Å². The number of halogens is 1. The highest BCUT2D eigenvalue weighted by molar-refractivity contribution is 6.17. The molecule has 0 heterocycles. The second kappa shape index (κ2) is 6.77. The minimum absolute atomic E-state index is 0.505. The molecule has 0 spiro atoms. The van der Waals surface area contributed by atoms with E-state index in [2.05, 4.69) is 31.1 Å². The van der Waals surface area contributed by atoms with E-state index in [0.717, 1.165) is 24.3 Å². The molecule has 0 aliphatic heterocycles. The molecule has 0 aliphatic carbocycles. The van der Waals surface area contributed by atoms with E-state index in [1.165, 1.54) is 12.0 Å². The second-order valence-electron chi connectivity index (χ2n) is 4.19. The quantitative estimate of drug-likeness (QED) is 0.710. The number of benzene rings is 1. The molecule has 16 heavy (non-hydrogen) atoms. The molecule has 1 aromatic carbocycles. The third-order valence-corrected chi connectivity index (χ3v) is 2.85. The van der Waals surface area contributed by atoms with Crippen molar-refractivity contribution in [3.8, 4) is 5.75 Å². The Kier molecular flexibility index (Phi) is 5.64. The summed E-state index contributed by atoms with van der Waals surface area (Å²) in [6.07, 6.45) is 2.26. The average molecular weight is 242 g/mol. The monoisotopic (exact) mass is 241 g/mol. The maximum Gasteiger partial charge on any atom is 0.123 e. The predicted octanol–water partition coefficient (Wildman–Crippen LogP) is 2.93. The third-order valence-electron chi connectivity index (χ3n) is 2.56. The molecule has 1 rings (SSSR count). The van der Waals surface area contributed by atoms with Gasteiger partial charge < -0.3 is 9.64 Å². The summed E-state index contributed by atoms with van der Waals surface area (Å²) in [7, 11) is 5.87. The first-order chi connectivity index (χ1) is 7.67. The van der Waals surface area contributed by atoms with Crippen molar-refractivity contribution in [3.05, 3.63) is 29.3 Å². The van der Waals surface area contributed by atoms with Gasteiger partial charge in [-0.25, -0.2) is 0 Å². The average Bonchev–Trinajstić information content (AvgIpc) is 2.28. The predicted molar refractivity (Wildman–Crippen MR) is 69.4 cm³/mol. The number of hydrogen-bond acceptors (Lipinski definition) is 2. The van der Waals surface area contributed by atoms with Gasteiger partial charge in [0.15, 0.2) is 0 Å². The van der Waals surface area contributed by atoms with Gasteiger partial charge in [0.2, 0.25) is 0 Å². The number of hydrogen-bond donors (Lipinski definition) is 0. The summed E-state index contributed by atoms with van der Waals surface area (Å²) in [4.78, 5) is 2.20. The highest BCUT2D eigenvalue weighted by atomic mass is 35.5. The molecule has 0 aromatic heterocycles. The van der Waals surface area contributed by atoms with Crippen LogP contribution in [0.1, 0.15) is 17.5 Å². The Balaban J connectivity index is 2.60. The molecule has 1 aromatic rings. The molecule has 3 heteroatoms. The standard InChI is InChI=1S/C13H20ClNO/c1-15(2)8-4-5-11-6-7-13(16-3)12(9-11)10-14/h6-7,9H,4-5,8,10H2,1-3H3. The fraction of sp³-hybridized carbons (Fsp3) is 0.538. The summed E-state index contributed by atoms with van der Waals surface area (Å²) >= 11 is 5.88. The number of ether oxygens (including phenoxy) is 1. The van der Waals surface area contributed by atoms with E-state index in [4.69, 9.17) is 16.3 Å². The summed E-state index contributed by atoms with van der Waals surface area (Å²) in [5.41, 5.74) is 2.41. The maximum atomic E-state index is 5.88.